The van der Waals surface area contributed by atoms with Gasteiger partial charge in [-0.05, 0) is 38.5 Å². The summed E-state index contributed by atoms with van der Waals surface area (Å²) in [4.78, 5) is 22.7. The van der Waals surface area contributed by atoms with Gasteiger partial charge in [0.2, 0.25) is 0 Å². The number of hydrogen-bond donors (Lipinski definition) is 3. The minimum atomic E-state index is -1.04. The second-order valence-electron chi connectivity index (χ2n) is 4.68. The number of anilines is 1. The fraction of sp³-hybridized carbons (Fsp3) is 0.286. The summed E-state index contributed by atoms with van der Waals surface area (Å²) in [6.45, 7) is 5.06. The van der Waals surface area contributed by atoms with Crippen LogP contribution in [-0.4, -0.2) is 22.6 Å². The molecule has 3 N–H and O–H groups in total. The first-order valence-corrected chi connectivity index (χ1v) is 5.66. The highest BCUT2D eigenvalue weighted by Crippen LogP contribution is 2.15. The Morgan fingerprint density at radius 3 is 2.53 bits per heavy atom. The van der Waals surface area contributed by atoms with E-state index in [1.165, 1.54) is 6.07 Å². The van der Waals surface area contributed by atoms with Crippen LogP contribution >= 0.6 is 0 Å². The lowest BCUT2D eigenvalue weighted by Crippen LogP contribution is -2.44. The van der Waals surface area contributed by atoms with Crippen LogP contribution in [0.2, 0.25) is 0 Å². The van der Waals surface area contributed by atoms with E-state index in [-0.39, 0.29) is 5.56 Å². The van der Waals surface area contributed by atoms with Crippen LogP contribution < -0.4 is 10.6 Å². The predicted octanol–water partition coefficient (Wildman–Crippen LogP) is 2.23. The predicted molar refractivity (Wildman–Crippen MR) is 73.2 cm³/mol. The quantitative estimate of drug-likeness (QED) is 0.729. The molecule has 1 rings (SSSR count). The summed E-state index contributed by atoms with van der Waals surface area (Å²) in [6.07, 6.45) is 5.26. The molecule has 0 unspecified atom stereocenters. The number of aromatic carboxylic acids is 1. The lowest BCUT2D eigenvalue weighted by atomic mass is 10.1. The summed E-state index contributed by atoms with van der Waals surface area (Å²) in [6, 6.07) is 4.18. The van der Waals surface area contributed by atoms with Crippen LogP contribution in [0.5, 0.6) is 0 Å². The van der Waals surface area contributed by atoms with Crippen molar-refractivity contribution in [2.75, 3.05) is 5.32 Å². The molecule has 100 valence electrons. The van der Waals surface area contributed by atoms with Crippen molar-refractivity contribution >= 4 is 17.7 Å². The van der Waals surface area contributed by atoms with E-state index in [0.717, 1.165) is 0 Å². The van der Waals surface area contributed by atoms with Crippen molar-refractivity contribution in [2.45, 2.75) is 26.3 Å². The second kappa shape index (κ2) is 5.44. The van der Waals surface area contributed by atoms with E-state index in [0.29, 0.717) is 11.3 Å². The Kier molecular flexibility index (Phi) is 4.18. The number of carbonyl (C=O) groups is 2. The second-order valence-corrected chi connectivity index (χ2v) is 4.68. The van der Waals surface area contributed by atoms with E-state index in [4.69, 9.17) is 11.5 Å². The molecule has 0 fully saturated rings. The summed E-state index contributed by atoms with van der Waals surface area (Å²) in [7, 11) is 0. The molecule has 5 heteroatoms. The van der Waals surface area contributed by atoms with Crippen LogP contribution in [0.3, 0.4) is 0 Å². The molecule has 0 saturated heterocycles. The minimum Gasteiger partial charge on any atom is -0.478 e. The molecule has 0 aliphatic rings. The molecule has 1 aromatic rings. The molecule has 1 aromatic carbocycles. The molecule has 0 bridgehead atoms. The van der Waals surface area contributed by atoms with Crippen molar-refractivity contribution < 1.29 is 14.7 Å². The zero-order chi connectivity index (χ0) is 14.6. The molecule has 0 heterocycles. The molecule has 0 saturated carbocycles. The number of aryl methyl sites for hydroxylation is 1. The minimum absolute atomic E-state index is 0.147. The number of hydrogen-bond acceptors (Lipinski definition) is 2. The van der Waals surface area contributed by atoms with E-state index in [9.17, 15) is 9.59 Å². The average molecular weight is 260 g/mol. The molecule has 0 aromatic heterocycles. The topological polar surface area (TPSA) is 78.4 Å². The Hall–Kier alpha value is -2.48. The molecule has 0 aliphatic heterocycles. The molecule has 0 aliphatic carbocycles. The third-order valence-corrected chi connectivity index (χ3v) is 2.51. The van der Waals surface area contributed by atoms with Crippen LogP contribution in [0.4, 0.5) is 10.5 Å². The smallest absolute Gasteiger partial charge is 0.336 e. The standard InChI is InChI=1S/C14H16N2O3/c1-5-14(3,4)16-13(19)15-10-7-6-9(2)11(8-10)12(17)18/h1,6-8H,2-4H3,(H,17,18)(H2,15,16,19). The lowest BCUT2D eigenvalue weighted by Gasteiger charge is -2.20. The van der Waals surface area contributed by atoms with Crippen molar-refractivity contribution in [3.8, 4) is 12.3 Å². The third-order valence-electron chi connectivity index (χ3n) is 2.51. The van der Waals surface area contributed by atoms with Gasteiger partial charge in [0.1, 0.15) is 0 Å². The van der Waals surface area contributed by atoms with E-state index >= 15 is 0 Å². The van der Waals surface area contributed by atoms with Gasteiger partial charge in [-0.25, -0.2) is 9.59 Å². The van der Waals surface area contributed by atoms with Crippen molar-refractivity contribution in [3.63, 3.8) is 0 Å². The van der Waals surface area contributed by atoms with Gasteiger partial charge in [-0.2, -0.15) is 0 Å². The summed E-state index contributed by atoms with van der Waals surface area (Å²) in [5.41, 5.74) is 0.398. The molecule has 0 radical (unpaired) electrons. The molecule has 19 heavy (non-hydrogen) atoms. The van der Waals surface area contributed by atoms with Gasteiger partial charge in [-0.15, -0.1) is 6.42 Å². The van der Waals surface area contributed by atoms with E-state index < -0.39 is 17.5 Å². The zero-order valence-electron chi connectivity index (χ0n) is 11.1. The van der Waals surface area contributed by atoms with Crippen LogP contribution in [0.25, 0.3) is 0 Å². The molecule has 0 atom stereocenters. The number of carboxylic acids is 1. The summed E-state index contributed by atoms with van der Waals surface area (Å²) < 4.78 is 0. The van der Waals surface area contributed by atoms with Crippen LogP contribution in [0, 0.1) is 19.3 Å². The SMILES string of the molecule is C#CC(C)(C)NC(=O)Nc1ccc(C)c(C(=O)O)c1. The maximum absolute atomic E-state index is 11.7. The van der Waals surface area contributed by atoms with Gasteiger partial charge in [-0.3, -0.25) is 0 Å². The van der Waals surface area contributed by atoms with E-state index in [1.807, 2.05) is 0 Å². The zero-order valence-corrected chi connectivity index (χ0v) is 11.1. The number of nitrogens with one attached hydrogen (secondary N) is 2. The molecule has 0 spiro atoms. The first kappa shape index (κ1) is 14.6. The normalized spacial score (nSPS) is 10.4. The molecule has 5 nitrogen and oxygen atoms in total. The number of benzene rings is 1. The lowest BCUT2D eigenvalue weighted by molar-refractivity contribution is 0.0696. The molecular weight excluding hydrogens is 244 g/mol. The van der Waals surface area contributed by atoms with Crippen molar-refractivity contribution in [2.24, 2.45) is 0 Å². The van der Waals surface area contributed by atoms with Crippen LogP contribution in [0.1, 0.15) is 29.8 Å². The number of carbonyl (C=O) groups excluding carboxylic acids is 1. The highest BCUT2D eigenvalue weighted by atomic mass is 16.4. The number of amides is 2. The van der Waals surface area contributed by atoms with E-state index in [2.05, 4.69) is 16.6 Å². The van der Waals surface area contributed by atoms with Crippen LogP contribution in [0.15, 0.2) is 18.2 Å². The maximum Gasteiger partial charge on any atom is 0.336 e. The van der Waals surface area contributed by atoms with Gasteiger partial charge < -0.3 is 15.7 Å². The first-order chi connectivity index (χ1) is 8.75. The fourth-order valence-corrected chi connectivity index (χ4v) is 1.41. The number of urea groups is 1. The summed E-state index contributed by atoms with van der Waals surface area (Å²) >= 11 is 0. The van der Waals surface area contributed by atoms with Gasteiger partial charge in [0.25, 0.3) is 0 Å². The first-order valence-electron chi connectivity index (χ1n) is 5.66. The van der Waals surface area contributed by atoms with Gasteiger partial charge in [0, 0.05) is 5.69 Å². The van der Waals surface area contributed by atoms with Gasteiger partial charge in [0.15, 0.2) is 0 Å². The Balaban J connectivity index is 2.84. The van der Waals surface area contributed by atoms with Gasteiger partial charge in [-0.1, -0.05) is 12.0 Å². The average Bonchev–Trinajstić information content (AvgIpc) is 2.30. The van der Waals surface area contributed by atoms with Crippen molar-refractivity contribution in [1.82, 2.24) is 5.32 Å². The van der Waals surface area contributed by atoms with Gasteiger partial charge >= 0.3 is 12.0 Å². The Labute approximate surface area is 112 Å². The monoisotopic (exact) mass is 260 g/mol. The molecular formula is C14H16N2O3. The largest absolute Gasteiger partial charge is 0.478 e. The molecule has 2 amide bonds. The Morgan fingerprint density at radius 2 is 2.00 bits per heavy atom. The summed E-state index contributed by atoms with van der Waals surface area (Å²) in [5.74, 6) is 1.39. The fourth-order valence-electron chi connectivity index (χ4n) is 1.41. The van der Waals surface area contributed by atoms with Crippen LogP contribution in [-0.2, 0) is 0 Å². The van der Waals surface area contributed by atoms with E-state index in [1.54, 1.807) is 32.9 Å². The Bertz CT molecular complexity index is 556. The van der Waals surface area contributed by atoms with Gasteiger partial charge in [0.05, 0.1) is 11.1 Å². The number of carboxylic acid groups (broad SMARTS) is 1. The maximum atomic E-state index is 11.7. The Morgan fingerprint density at radius 1 is 1.37 bits per heavy atom. The third kappa shape index (κ3) is 4.03. The van der Waals surface area contributed by atoms with Crippen molar-refractivity contribution in [3.05, 3.63) is 29.3 Å². The highest BCUT2D eigenvalue weighted by molar-refractivity contribution is 5.94. The number of terminal acetylenes is 1. The highest BCUT2D eigenvalue weighted by Gasteiger charge is 2.17. The van der Waals surface area contributed by atoms with Crippen molar-refractivity contribution in [1.29, 1.82) is 0 Å². The number of rotatable bonds is 3. The summed E-state index contributed by atoms with van der Waals surface area (Å²) in [5, 5.41) is 14.1.